The molecule has 1 aromatic carbocycles. The predicted octanol–water partition coefficient (Wildman–Crippen LogP) is 1.70. The van der Waals surface area contributed by atoms with Gasteiger partial charge in [-0.05, 0) is 24.0 Å². The van der Waals surface area contributed by atoms with Crippen molar-refractivity contribution in [1.29, 1.82) is 0 Å². The van der Waals surface area contributed by atoms with Crippen molar-refractivity contribution in [2.45, 2.75) is 25.9 Å². The number of aliphatic carboxylic acids is 1. The van der Waals surface area contributed by atoms with Gasteiger partial charge in [0.05, 0.1) is 18.9 Å². The van der Waals surface area contributed by atoms with Crippen LogP contribution in [-0.4, -0.2) is 42.1 Å². The largest absolute Gasteiger partial charge is 0.481 e. The lowest BCUT2D eigenvalue weighted by Crippen LogP contribution is -2.43. The average Bonchev–Trinajstić information content (AvgIpc) is 2.48. The second-order valence-corrected chi connectivity index (χ2v) is 5.45. The van der Waals surface area contributed by atoms with Crippen LogP contribution in [0.25, 0.3) is 0 Å². The Bertz CT molecular complexity index is 515. The zero-order valence-electron chi connectivity index (χ0n) is 12.2. The van der Waals surface area contributed by atoms with Gasteiger partial charge >= 0.3 is 5.97 Å². The molecule has 114 valence electrons. The van der Waals surface area contributed by atoms with E-state index in [1.54, 1.807) is 12.0 Å². The van der Waals surface area contributed by atoms with E-state index in [0.29, 0.717) is 32.5 Å². The number of rotatable bonds is 5. The third kappa shape index (κ3) is 4.29. The molecule has 1 unspecified atom stereocenters. The molecule has 1 fully saturated rings. The van der Waals surface area contributed by atoms with Crippen LogP contribution in [0, 0.1) is 5.92 Å². The van der Waals surface area contributed by atoms with Gasteiger partial charge in [-0.25, -0.2) is 0 Å². The molecule has 0 aromatic heterocycles. The summed E-state index contributed by atoms with van der Waals surface area (Å²) in [7, 11) is 1.64. The van der Waals surface area contributed by atoms with Gasteiger partial charge in [0.2, 0.25) is 5.91 Å². The number of ether oxygens (including phenoxy) is 1. The van der Waals surface area contributed by atoms with Crippen LogP contribution in [0.2, 0.25) is 0 Å². The third-order valence-corrected chi connectivity index (χ3v) is 3.78. The Labute approximate surface area is 124 Å². The predicted molar refractivity (Wildman–Crippen MR) is 77.8 cm³/mol. The Morgan fingerprint density at radius 3 is 2.86 bits per heavy atom. The summed E-state index contributed by atoms with van der Waals surface area (Å²) in [6.07, 6.45) is 1.72. The Morgan fingerprint density at radius 1 is 1.38 bits per heavy atom. The SMILES string of the molecule is COCc1cccc(CC(=O)N2CCCC(C(=O)O)C2)c1. The molecule has 5 heteroatoms. The van der Waals surface area contributed by atoms with Gasteiger partial charge in [-0.3, -0.25) is 9.59 Å². The maximum absolute atomic E-state index is 12.3. The molecule has 1 aliphatic rings. The second-order valence-electron chi connectivity index (χ2n) is 5.45. The maximum atomic E-state index is 12.3. The number of likely N-dealkylation sites (tertiary alicyclic amines) is 1. The molecule has 1 aromatic rings. The molecule has 1 aliphatic heterocycles. The van der Waals surface area contributed by atoms with E-state index in [4.69, 9.17) is 9.84 Å². The Morgan fingerprint density at radius 2 is 2.14 bits per heavy atom. The lowest BCUT2D eigenvalue weighted by molar-refractivity contribution is -0.145. The fourth-order valence-corrected chi connectivity index (χ4v) is 2.69. The first-order chi connectivity index (χ1) is 10.1. The summed E-state index contributed by atoms with van der Waals surface area (Å²) in [4.78, 5) is 25.0. The first kappa shape index (κ1) is 15.5. The molecule has 0 aliphatic carbocycles. The molecular formula is C16H21NO4. The van der Waals surface area contributed by atoms with Crippen molar-refractivity contribution >= 4 is 11.9 Å². The fourth-order valence-electron chi connectivity index (χ4n) is 2.69. The van der Waals surface area contributed by atoms with Crippen LogP contribution in [0.5, 0.6) is 0 Å². The van der Waals surface area contributed by atoms with Crippen LogP contribution in [0.15, 0.2) is 24.3 Å². The normalized spacial score (nSPS) is 18.5. The quantitative estimate of drug-likeness (QED) is 0.896. The van der Waals surface area contributed by atoms with E-state index in [9.17, 15) is 9.59 Å². The highest BCUT2D eigenvalue weighted by Gasteiger charge is 2.27. The van der Waals surface area contributed by atoms with Gasteiger partial charge in [-0.1, -0.05) is 24.3 Å². The van der Waals surface area contributed by atoms with E-state index >= 15 is 0 Å². The van der Waals surface area contributed by atoms with Crippen molar-refractivity contribution < 1.29 is 19.4 Å². The van der Waals surface area contributed by atoms with E-state index < -0.39 is 11.9 Å². The van der Waals surface area contributed by atoms with Crippen molar-refractivity contribution in [2.75, 3.05) is 20.2 Å². The van der Waals surface area contributed by atoms with Gasteiger partial charge < -0.3 is 14.7 Å². The maximum Gasteiger partial charge on any atom is 0.308 e. The lowest BCUT2D eigenvalue weighted by atomic mass is 9.97. The van der Waals surface area contributed by atoms with Crippen molar-refractivity contribution in [1.82, 2.24) is 4.90 Å². The van der Waals surface area contributed by atoms with Gasteiger partial charge in [-0.2, -0.15) is 0 Å². The Hall–Kier alpha value is -1.88. The Kier molecular flexibility index (Phi) is 5.33. The molecule has 0 bridgehead atoms. The molecule has 1 N–H and O–H groups in total. The number of carbonyl (C=O) groups excluding carboxylic acids is 1. The van der Waals surface area contributed by atoms with Gasteiger partial charge in [0.25, 0.3) is 0 Å². The van der Waals surface area contributed by atoms with Crippen molar-refractivity contribution in [3.8, 4) is 0 Å². The zero-order valence-corrected chi connectivity index (χ0v) is 12.2. The van der Waals surface area contributed by atoms with Gasteiger partial charge in [0.1, 0.15) is 0 Å². The van der Waals surface area contributed by atoms with Crippen LogP contribution < -0.4 is 0 Å². The van der Waals surface area contributed by atoms with Gasteiger partial charge in [0, 0.05) is 20.2 Å². The number of nitrogens with zero attached hydrogens (tertiary/aromatic N) is 1. The smallest absolute Gasteiger partial charge is 0.308 e. The number of benzene rings is 1. The summed E-state index contributed by atoms with van der Waals surface area (Å²) >= 11 is 0. The summed E-state index contributed by atoms with van der Waals surface area (Å²) < 4.78 is 5.08. The summed E-state index contributed by atoms with van der Waals surface area (Å²) in [5.74, 6) is -1.24. The molecule has 1 atom stereocenters. The average molecular weight is 291 g/mol. The molecular weight excluding hydrogens is 270 g/mol. The lowest BCUT2D eigenvalue weighted by Gasteiger charge is -2.30. The van der Waals surface area contributed by atoms with Crippen molar-refractivity contribution in [2.24, 2.45) is 5.92 Å². The second kappa shape index (κ2) is 7.22. The van der Waals surface area contributed by atoms with Gasteiger partial charge in [-0.15, -0.1) is 0 Å². The van der Waals surface area contributed by atoms with Crippen LogP contribution >= 0.6 is 0 Å². The van der Waals surface area contributed by atoms with E-state index in [-0.39, 0.29) is 5.91 Å². The minimum atomic E-state index is -0.811. The first-order valence-corrected chi connectivity index (χ1v) is 7.17. The monoisotopic (exact) mass is 291 g/mol. The Balaban J connectivity index is 1.97. The van der Waals surface area contributed by atoms with E-state index in [0.717, 1.165) is 17.5 Å². The molecule has 0 saturated carbocycles. The van der Waals surface area contributed by atoms with Crippen molar-refractivity contribution in [3.63, 3.8) is 0 Å². The first-order valence-electron chi connectivity index (χ1n) is 7.17. The third-order valence-electron chi connectivity index (χ3n) is 3.78. The molecule has 5 nitrogen and oxygen atoms in total. The number of carboxylic acid groups (broad SMARTS) is 1. The molecule has 0 radical (unpaired) electrons. The van der Waals surface area contributed by atoms with Crippen LogP contribution in [0.4, 0.5) is 0 Å². The molecule has 21 heavy (non-hydrogen) atoms. The number of amides is 1. The zero-order chi connectivity index (χ0) is 15.2. The molecule has 0 spiro atoms. The van der Waals surface area contributed by atoms with Gasteiger partial charge in [0.15, 0.2) is 0 Å². The minimum Gasteiger partial charge on any atom is -0.481 e. The number of hydrogen-bond acceptors (Lipinski definition) is 3. The molecule has 2 rings (SSSR count). The van der Waals surface area contributed by atoms with Crippen LogP contribution in [0.3, 0.4) is 0 Å². The summed E-state index contributed by atoms with van der Waals surface area (Å²) in [6.45, 7) is 1.50. The molecule has 1 heterocycles. The topological polar surface area (TPSA) is 66.8 Å². The van der Waals surface area contributed by atoms with Crippen LogP contribution in [0.1, 0.15) is 24.0 Å². The number of carboxylic acids is 1. The minimum absolute atomic E-state index is 0.00415. The number of hydrogen-bond donors (Lipinski definition) is 1. The van der Waals surface area contributed by atoms with Crippen molar-refractivity contribution in [3.05, 3.63) is 35.4 Å². The highest BCUT2D eigenvalue weighted by atomic mass is 16.5. The fraction of sp³-hybridized carbons (Fsp3) is 0.500. The highest BCUT2D eigenvalue weighted by Crippen LogP contribution is 2.18. The molecule has 1 amide bonds. The number of piperidine rings is 1. The van der Waals surface area contributed by atoms with E-state index in [1.807, 2.05) is 24.3 Å². The highest BCUT2D eigenvalue weighted by molar-refractivity contribution is 5.80. The van der Waals surface area contributed by atoms with E-state index in [2.05, 4.69) is 0 Å². The summed E-state index contributed by atoms with van der Waals surface area (Å²) in [5.41, 5.74) is 1.97. The standard InChI is InChI=1S/C16H21NO4/c1-21-11-13-5-2-4-12(8-13)9-15(18)17-7-3-6-14(10-17)16(19)20/h2,4-5,8,14H,3,6-7,9-11H2,1H3,(H,19,20). The summed E-state index contributed by atoms with van der Waals surface area (Å²) in [6, 6.07) is 7.74. The summed E-state index contributed by atoms with van der Waals surface area (Å²) in [5, 5.41) is 9.07. The number of methoxy groups -OCH3 is 1. The van der Waals surface area contributed by atoms with E-state index in [1.165, 1.54) is 0 Å². The molecule has 1 saturated heterocycles. The number of carbonyl (C=O) groups is 2. The van der Waals surface area contributed by atoms with Crippen LogP contribution in [-0.2, 0) is 27.4 Å².